The number of nitro groups is 1. The fraction of sp³-hybridized carbons (Fsp3) is 0.304. The zero-order valence-electron chi connectivity index (χ0n) is 17.7. The molecule has 1 aromatic heterocycles. The molecule has 1 aliphatic rings. The summed E-state index contributed by atoms with van der Waals surface area (Å²) >= 11 is 1.34. The number of aromatic nitrogens is 2. The highest BCUT2D eigenvalue weighted by Crippen LogP contribution is 2.29. The Kier molecular flexibility index (Phi) is 6.87. The van der Waals surface area contributed by atoms with Crippen molar-refractivity contribution in [1.82, 2.24) is 9.55 Å². The van der Waals surface area contributed by atoms with E-state index in [1.54, 1.807) is 19.1 Å². The third-order valence-corrected chi connectivity index (χ3v) is 6.31. The molecule has 1 N–H and O–H groups in total. The Morgan fingerprint density at radius 3 is 2.84 bits per heavy atom. The Labute approximate surface area is 190 Å². The second kappa shape index (κ2) is 9.97. The molecular weight excluding hydrogens is 428 g/mol. The molecule has 0 spiro atoms. The quantitative estimate of drug-likeness (QED) is 0.303. The highest BCUT2D eigenvalue weighted by atomic mass is 32.2. The fourth-order valence-corrected chi connectivity index (χ4v) is 4.48. The summed E-state index contributed by atoms with van der Waals surface area (Å²) in [6, 6.07) is 14.7. The maximum absolute atomic E-state index is 12.5. The maximum atomic E-state index is 12.5. The maximum Gasteiger partial charge on any atom is 0.274 e. The molecule has 0 saturated carbocycles. The minimum atomic E-state index is -0.452. The van der Waals surface area contributed by atoms with Crippen molar-refractivity contribution in [2.75, 3.05) is 17.7 Å². The van der Waals surface area contributed by atoms with Crippen molar-refractivity contribution in [2.24, 2.45) is 0 Å². The summed E-state index contributed by atoms with van der Waals surface area (Å²) in [5.41, 5.74) is 2.97. The topological polar surface area (TPSA) is 99.3 Å². The van der Waals surface area contributed by atoms with E-state index in [-0.39, 0.29) is 23.5 Å². The van der Waals surface area contributed by atoms with Crippen LogP contribution in [0.2, 0.25) is 0 Å². The smallest absolute Gasteiger partial charge is 0.274 e. The van der Waals surface area contributed by atoms with Gasteiger partial charge in [-0.25, -0.2) is 4.98 Å². The molecule has 1 amide bonds. The van der Waals surface area contributed by atoms with Crippen molar-refractivity contribution in [3.8, 4) is 11.3 Å². The molecule has 1 unspecified atom stereocenters. The van der Waals surface area contributed by atoms with E-state index in [9.17, 15) is 14.9 Å². The monoisotopic (exact) mass is 452 g/mol. The van der Waals surface area contributed by atoms with E-state index in [4.69, 9.17) is 4.74 Å². The number of imidazole rings is 1. The van der Waals surface area contributed by atoms with E-state index < -0.39 is 4.92 Å². The Bertz CT molecular complexity index is 1110. The van der Waals surface area contributed by atoms with Crippen LogP contribution in [-0.4, -0.2) is 38.8 Å². The second-order valence-electron chi connectivity index (χ2n) is 7.63. The van der Waals surface area contributed by atoms with Crippen LogP contribution >= 0.6 is 11.8 Å². The molecule has 2 heterocycles. The molecule has 2 aromatic carbocycles. The molecule has 1 aliphatic heterocycles. The molecule has 9 heteroatoms. The van der Waals surface area contributed by atoms with Crippen LogP contribution in [0.25, 0.3) is 11.3 Å². The van der Waals surface area contributed by atoms with Crippen molar-refractivity contribution in [3.05, 3.63) is 70.4 Å². The average molecular weight is 453 g/mol. The number of anilines is 1. The van der Waals surface area contributed by atoms with Crippen LogP contribution < -0.4 is 5.32 Å². The number of rotatable bonds is 8. The number of amides is 1. The Morgan fingerprint density at radius 1 is 1.31 bits per heavy atom. The van der Waals surface area contributed by atoms with Crippen LogP contribution in [0.3, 0.4) is 0 Å². The van der Waals surface area contributed by atoms with Gasteiger partial charge in [-0.05, 0) is 31.4 Å². The van der Waals surface area contributed by atoms with Crippen LogP contribution in [-0.2, 0) is 16.1 Å². The SMILES string of the molecule is Cc1ccc(NC(=O)CSc2ncc(-c3ccccc3)n2CC2CCCO2)cc1[N+](=O)[O-]. The van der Waals surface area contributed by atoms with Gasteiger partial charge in [-0.2, -0.15) is 0 Å². The van der Waals surface area contributed by atoms with E-state index in [1.807, 2.05) is 36.5 Å². The van der Waals surface area contributed by atoms with Gasteiger partial charge in [0.15, 0.2) is 5.16 Å². The first kappa shape index (κ1) is 22.0. The van der Waals surface area contributed by atoms with Gasteiger partial charge in [0.05, 0.1) is 35.2 Å². The van der Waals surface area contributed by atoms with Crippen molar-refractivity contribution in [1.29, 1.82) is 0 Å². The summed E-state index contributed by atoms with van der Waals surface area (Å²) in [6.07, 6.45) is 4.01. The third-order valence-electron chi connectivity index (χ3n) is 5.32. The number of nitrogens with zero attached hydrogens (tertiary/aromatic N) is 3. The highest BCUT2D eigenvalue weighted by molar-refractivity contribution is 7.99. The van der Waals surface area contributed by atoms with Crippen molar-refractivity contribution in [2.45, 2.75) is 37.6 Å². The number of aryl methyl sites for hydroxylation is 1. The van der Waals surface area contributed by atoms with Crippen molar-refractivity contribution >= 4 is 29.0 Å². The lowest BCUT2D eigenvalue weighted by atomic mass is 10.1. The van der Waals surface area contributed by atoms with E-state index >= 15 is 0 Å². The third kappa shape index (κ3) is 5.17. The molecule has 1 atom stereocenters. The van der Waals surface area contributed by atoms with Gasteiger partial charge in [0.25, 0.3) is 5.69 Å². The van der Waals surface area contributed by atoms with Crippen LogP contribution in [0.1, 0.15) is 18.4 Å². The van der Waals surface area contributed by atoms with E-state index in [0.29, 0.717) is 17.8 Å². The number of ether oxygens (including phenoxy) is 1. The van der Waals surface area contributed by atoms with Gasteiger partial charge in [-0.1, -0.05) is 48.2 Å². The molecule has 0 radical (unpaired) electrons. The van der Waals surface area contributed by atoms with Gasteiger partial charge >= 0.3 is 0 Å². The number of nitrogens with one attached hydrogen (secondary N) is 1. The van der Waals surface area contributed by atoms with Gasteiger partial charge in [0.2, 0.25) is 5.91 Å². The number of carbonyl (C=O) groups excluding carboxylic acids is 1. The van der Waals surface area contributed by atoms with Crippen LogP contribution in [0, 0.1) is 17.0 Å². The Morgan fingerprint density at radius 2 is 2.12 bits per heavy atom. The van der Waals surface area contributed by atoms with E-state index in [0.717, 1.165) is 35.9 Å². The number of nitro benzene ring substituents is 1. The molecule has 166 valence electrons. The standard InChI is InChI=1S/C23H24N4O4S/c1-16-9-10-18(12-20(16)27(29)30)25-22(28)15-32-23-24-13-21(17-6-3-2-4-7-17)26(23)14-19-8-5-11-31-19/h2-4,6-7,9-10,12-13,19H,5,8,11,14-15H2,1H3,(H,25,28). The summed E-state index contributed by atoms with van der Waals surface area (Å²) in [5, 5.41) is 14.6. The van der Waals surface area contributed by atoms with Crippen LogP contribution in [0.4, 0.5) is 11.4 Å². The number of hydrogen-bond donors (Lipinski definition) is 1. The molecule has 1 fully saturated rings. The number of thioether (sulfide) groups is 1. The minimum Gasteiger partial charge on any atom is -0.376 e. The lowest BCUT2D eigenvalue weighted by molar-refractivity contribution is -0.385. The largest absolute Gasteiger partial charge is 0.376 e. The summed E-state index contributed by atoms with van der Waals surface area (Å²) in [5.74, 6) is -0.112. The van der Waals surface area contributed by atoms with Crippen molar-refractivity contribution < 1.29 is 14.5 Å². The minimum absolute atomic E-state index is 0.0185. The number of benzene rings is 2. The number of hydrogen-bond acceptors (Lipinski definition) is 6. The zero-order valence-corrected chi connectivity index (χ0v) is 18.5. The Hall–Kier alpha value is -3.17. The van der Waals surface area contributed by atoms with Gasteiger partial charge in [-0.3, -0.25) is 14.9 Å². The summed E-state index contributed by atoms with van der Waals surface area (Å²) < 4.78 is 7.94. The van der Waals surface area contributed by atoms with Crippen molar-refractivity contribution in [3.63, 3.8) is 0 Å². The summed E-state index contributed by atoms with van der Waals surface area (Å²) in [6.45, 7) is 3.11. The average Bonchev–Trinajstić information content (AvgIpc) is 3.44. The van der Waals surface area contributed by atoms with E-state index in [1.165, 1.54) is 17.8 Å². The van der Waals surface area contributed by atoms with Gasteiger partial charge in [-0.15, -0.1) is 0 Å². The first-order chi connectivity index (χ1) is 15.5. The molecular formula is C23H24N4O4S. The molecule has 8 nitrogen and oxygen atoms in total. The predicted molar refractivity (Wildman–Crippen MR) is 124 cm³/mol. The molecule has 0 bridgehead atoms. The lowest BCUT2D eigenvalue weighted by Crippen LogP contribution is -2.18. The molecule has 32 heavy (non-hydrogen) atoms. The Balaban J connectivity index is 1.47. The second-order valence-corrected chi connectivity index (χ2v) is 8.58. The van der Waals surface area contributed by atoms with Crippen LogP contribution in [0.5, 0.6) is 0 Å². The fourth-order valence-electron chi connectivity index (χ4n) is 3.69. The van der Waals surface area contributed by atoms with Crippen LogP contribution in [0.15, 0.2) is 59.9 Å². The van der Waals surface area contributed by atoms with E-state index in [2.05, 4.69) is 14.9 Å². The first-order valence-corrected chi connectivity index (χ1v) is 11.4. The highest BCUT2D eigenvalue weighted by Gasteiger charge is 2.21. The first-order valence-electron chi connectivity index (χ1n) is 10.4. The van der Waals surface area contributed by atoms with Gasteiger partial charge in [0.1, 0.15) is 0 Å². The zero-order chi connectivity index (χ0) is 22.5. The molecule has 1 saturated heterocycles. The molecule has 0 aliphatic carbocycles. The summed E-state index contributed by atoms with van der Waals surface area (Å²) in [7, 11) is 0. The van der Waals surface area contributed by atoms with Gasteiger partial charge in [0, 0.05) is 23.9 Å². The summed E-state index contributed by atoms with van der Waals surface area (Å²) in [4.78, 5) is 27.8. The predicted octanol–water partition coefficient (Wildman–Crippen LogP) is 4.68. The number of carbonyl (C=O) groups is 1. The lowest BCUT2D eigenvalue weighted by Gasteiger charge is -2.16. The normalized spacial score (nSPS) is 15.6. The molecule has 4 rings (SSSR count). The molecule has 3 aromatic rings. The van der Waals surface area contributed by atoms with Gasteiger partial charge < -0.3 is 14.6 Å².